The second-order valence-corrected chi connectivity index (χ2v) is 9.04. The molecule has 8 nitrogen and oxygen atoms in total. The number of piperidine rings is 1. The topological polar surface area (TPSA) is 82.8 Å². The first kappa shape index (κ1) is 31.4. The highest BCUT2D eigenvalue weighted by Gasteiger charge is 2.25. The number of aromatic nitrogens is 2. The lowest BCUT2D eigenvalue weighted by Gasteiger charge is -2.31. The number of likely N-dealkylation sites (tertiary alicyclic amines) is 1. The van der Waals surface area contributed by atoms with Crippen molar-refractivity contribution >= 4 is 17.3 Å². The first-order chi connectivity index (χ1) is 18.9. The third kappa shape index (κ3) is 7.86. The molecule has 0 saturated carbocycles. The van der Waals surface area contributed by atoms with Gasteiger partial charge in [0.1, 0.15) is 19.1 Å². The van der Waals surface area contributed by atoms with Crippen LogP contribution >= 0.6 is 0 Å². The molecule has 1 aliphatic heterocycles. The van der Waals surface area contributed by atoms with E-state index in [0.717, 1.165) is 17.5 Å². The maximum absolute atomic E-state index is 13.6. The standard InChI is InChI=1S/C25H27F2N3O4.C2H6O.C2H4/c1-17-2-4-18(5-3-17)15-29-24(32)22-12-20(34-21(13-26)14-27)6-7-23(22)30(25(29)33)19-8-10-28(16-31)11-9-19;1-3-2;1-2/h2-7,12,16,19,21H,8-11,13-15H2,1H3;1-2H3;1-2H2. The Hall–Kier alpha value is -3.79. The summed E-state index contributed by atoms with van der Waals surface area (Å²) >= 11 is 0. The molecule has 10 heteroatoms. The van der Waals surface area contributed by atoms with E-state index in [-0.39, 0.29) is 23.7 Å². The lowest BCUT2D eigenvalue weighted by Crippen LogP contribution is -2.44. The number of halogens is 2. The molecule has 3 aromatic rings. The minimum atomic E-state index is -1.26. The Morgan fingerprint density at radius 1 is 1.03 bits per heavy atom. The van der Waals surface area contributed by atoms with Crippen molar-refractivity contribution in [3.8, 4) is 5.75 Å². The molecule has 1 aliphatic rings. The Morgan fingerprint density at radius 3 is 2.15 bits per heavy atom. The molecular formula is C29H37F2N3O5. The molecule has 2 heterocycles. The number of hydrogen-bond acceptors (Lipinski definition) is 5. The highest BCUT2D eigenvalue weighted by atomic mass is 19.1. The van der Waals surface area contributed by atoms with E-state index in [2.05, 4.69) is 17.9 Å². The molecule has 4 rings (SSSR count). The van der Waals surface area contributed by atoms with Crippen LogP contribution in [0.5, 0.6) is 5.75 Å². The van der Waals surface area contributed by atoms with Gasteiger partial charge in [-0.2, -0.15) is 0 Å². The number of fused-ring (bicyclic) bond motifs is 1. The van der Waals surface area contributed by atoms with Crippen molar-refractivity contribution in [2.24, 2.45) is 0 Å². The normalized spacial score (nSPS) is 13.3. The van der Waals surface area contributed by atoms with Crippen LogP contribution < -0.4 is 16.0 Å². The Bertz CT molecular complexity index is 1310. The van der Waals surface area contributed by atoms with Crippen molar-refractivity contribution in [1.29, 1.82) is 0 Å². The van der Waals surface area contributed by atoms with Gasteiger partial charge in [-0.25, -0.2) is 13.6 Å². The molecule has 0 N–H and O–H groups in total. The number of benzene rings is 2. The van der Waals surface area contributed by atoms with E-state index in [9.17, 15) is 23.2 Å². The summed E-state index contributed by atoms with van der Waals surface area (Å²) in [4.78, 5) is 39.8. The maximum Gasteiger partial charge on any atom is 0.332 e. The third-order valence-corrected chi connectivity index (χ3v) is 6.26. The number of carbonyl (C=O) groups is 1. The third-order valence-electron chi connectivity index (χ3n) is 6.26. The molecule has 0 bridgehead atoms. The van der Waals surface area contributed by atoms with Crippen LogP contribution in [-0.2, 0) is 16.1 Å². The SMILES string of the molecule is C=C.COC.Cc1ccc(Cn2c(=O)c3cc(OC(CF)CF)ccc3n(C3CCN(C=O)CC3)c2=O)cc1. The molecule has 212 valence electrons. The van der Waals surface area contributed by atoms with Crippen LogP contribution in [0.3, 0.4) is 0 Å². The summed E-state index contributed by atoms with van der Waals surface area (Å²) in [6.07, 6.45) is 0.678. The van der Waals surface area contributed by atoms with Crippen molar-refractivity contribution in [3.63, 3.8) is 0 Å². The second-order valence-electron chi connectivity index (χ2n) is 9.04. The Morgan fingerprint density at radius 2 is 1.62 bits per heavy atom. The van der Waals surface area contributed by atoms with Gasteiger partial charge in [-0.15, -0.1) is 13.2 Å². The summed E-state index contributed by atoms with van der Waals surface area (Å²) in [6, 6.07) is 11.9. The summed E-state index contributed by atoms with van der Waals surface area (Å²) in [7, 11) is 3.25. The summed E-state index contributed by atoms with van der Waals surface area (Å²) in [6.45, 7) is 7.06. The molecule has 0 unspecified atom stereocenters. The summed E-state index contributed by atoms with van der Waals surface area (Å²) < 4.78 is 38.4. The minimum absolute atomic E-state index is 0.0870. The summed E-state index contributed by atoms with van der Waals surface area (Å²) in [5, 5.41) is 0.235. The fraction of sp³-hybridized carbons (Fsp3) is 0.414. The Labute approximate surface area is 227 Å². The van der Waals surface area contributed by atoms with Gasteiger partial charge in [0.15, 0.2) is 6.10 Å². The largest absolute Gasteiger partial charge is 0.485 e. The van der Waals surface area contributed by atoms with Crippen molar-refractivity contribution in [2.45, 2.75) is 38.5 Å². The first-order valence-corrected chi connectivity index (χ1v) is 12.6. The van der Waals surface area contributed by atoms with E-state index in [0.29, 0.717) is 31.4 Å². The van der Waals surface area contributed by atoms with Gasteiger partial charge in [-0.1, -0.05) is 29.8 Å². The summed E-state index contributed by atoms with van der Waals surface area (Å²) in [5.41, 5.74) is 1.37. The number of hydrogen-bond donors (Lipinski definition) is 0. The van der Waals surface area contributed by atoms with Gasteiger partial charge in [0.25, 0.3) is 5.56 Å². The molecule has 0 radical (unpaired) electrons. The average molecular weight is 546 g/mol. The summed E-state index contributed by atoms with van der Waals surface area (Å²) in [5.74, 6) is 0.160. The van der Waals surface area contributed by atoms with Crippen LogP contribution in [0.2, 0.25) is 0 Å². The van der Waals surface area contributed by atoms with Gasteiger partial charge in [0.2, 0.25) is 6.41 Å². The van der Waals surface area contributed by atoms with Crippen LogP contribution in [0.1, 0.15) is 30.0 Å². The molecular weight excluding hydrogens is 508 g/mol. The van der Waals surface area contributed by atoms with Gasteiger partial charge < -0.3 is 14.4 Å². The van der Waals surface area contributed by atoms with Crippen LogP contribution in [0.4, 0.5) is 8.78 Å². The molecule has 1 fully saturated rings. The number of nitrogens with zero attached hydrogens (tertiary/aromatic N) is 3. The van der Waals surface area contributed by atoms with E-state index in [1.807, 2.05) is 31.2 Å². The number of aryl methyl sites for hydroxylation is 1. The van der Waals surface area contributed by atoms with Gasteiger partial charge in [-0.3, -0.25) is 18.7 Å². The fourth-order valence-electron chi connectivity index (χ4n) is 4.35. The predicted octanol–water partition coefficient (Wildman–Crippen LogP) is 4.06. The maximum atomic E-state index is 13.6. The zero-order valence-corrected chi connectivity index (χ0v) is 22.8. The van der Waals surface area contributed by atoms with Crippen LogP contribution in [0.25, 0.3) is 10.9 Å². The van der Waals surface area contributed by atoms with Crippen molar-refractivity contribution in [3.05, 3.63) is 87.6 Å². The van der Waals surface area contributed by atoms with Crippen molar-refractivity contribution < 1.29 is 23.0 Å². The average Bonchev–Trinajstić information content (AvgIpc) is 2.97. The van der Waals surface area contributed by atoms with E-state index in [1.54, 1.807) is 29.8 Å². The number of amides is 1. The lowest BCUT2D eigenvalue weighted by molar-refractivity contribution is -0.119. The van der Waals surface area contributed by atoms with Gasteiger partial charge >= 0.3 is 5.69 Å². The van der Waals surface area contributed by atoms with Gasteiger partial charge in [0.05, 0.1) is 17.4 Å². The van der Waals surface area contributed by atoms with E-state index in [4.69, 9.17) is 4.74 Å². The molecule has 39 heavy (non-hydrogen) atoms. The zero-order chi connectivity index (χ0) is 28.9. The van der Waals surface area contributed by atoms with E-state index in [1.165, 1.54) is 16.7 Å². The smallest absolute Gasteiger partial charge is 0.332 e. The molecule has 0 spiro atoms. The van der Waals surface area contributed by atoms with Gasteiger partial charge in [0, 0.05) is 33.4 Å². The van der Waals surface area contributed by atoms with Crippen LogP contribution in [0, 0.1) is 6.92 Å². The highest BCUT2D eigenvalue weighted by molar-refractivity contribution is 5.80. The number of ether oxygens (including phenoxy) is 2. The van der Waals surface area contributed by atoms with Crippen molar-refractivity contribution in [2.75, 3.05) is 40.7 Å². The number of rotatable bonds is 8. The molecule has 1 aromatic heterocycles. The molecule has 0 aliphatic carbocycles. The van der Waals surface area contributed by atoms with Crippen LogP contribution in [0.15, 0.2) is 65.2 Å². The molecule has 1 saturated heterocycles. The molecule has 1 amide bonds. The Balaban J connectivity index is 0.000000998. The molecule has 2 aromatic carbocycles. The Kier molecular flexibility index (Phi) is 12.6. The van der Waals surface area contributed by atoms with E-state index >= 15 is 0 Å². The monoisotopic (exact) mass is 545 g/mol. The second kappa shape index (κ2) is 15.6. The first-order valence-electron chi connectivity index (χ1n) is 12.6. The van der Waals surface area contributed by atoms with Crippen molar-refractivity contribution in [1.82, 2.24) is 14.0 Å². The fourth-order valence-corrected chi connectivity index (χ4v) is 4.35. The zero-order valence-electron chi connectivity index (χ0n) is 22.8. The minimum Gasteiger partial charge on any atom is -0.485 e. The lowest BCUT2D eigenvalue weighted by atomic mass is 10.0. The van der Waals surface area contributed by atoms with Gasteiger partial charge in [-0.05, 0) is 43.5 Å². The number of alkyl halides is 2. The quantitative estimate of drug-likeness (QED) is 0.315. The van der Waals surface area contributed by atoms with Crippen LogP contribution in [-0.4, -0.2) is 67.2 Å². The number of methoxy groups -OCH3 is 1. The highest BCUT2D eigenvalue weighted by Crippen LogP contribution is 2.26. The molecule has 0 atom stereocenters. The predicted molar refractivity (Wildman–Crippen MR) is 149 cm³/mol. The van der Waals surface area contributed by atoms with E-state index < -0.39 is 30.7 Å². The number of carbonyl (C=O) groups excluding carboxylic acids is 1.